The quantitative estimate of drug-likeness (QED) is 0.610. The second kappa shape index (κ2) is 5.27. The molecule has 0 aliphatic carbocycles. The summed E-state index contributed by atoms with van der Waals surface area (Å²) in [5.74, 6) is -0.618. The van der Waals surface area contributed by atoms with Gasteiger partial charge in [-0.25, -0.2) is 17.5 Å². The van der Waals surface area contributed by atoms with Crippen LogP contribution in [0, 0.1) is 5.82 Å². The predicted octanol–water partition coefficient (Wildman–Crippen LogP) is 1.49. The van der Waals surface area contributed by atoms with Gasteiger partial charge in [-0.05, 0) is 24.6 Å². The van der Waals surface area contributed by atoms with E-state index in [4.69, 9.17) is 5.73 Å². The van der Waals surface area contributed by atoms with Crippen molar-refractivity contribution in [1.82, 2.24) is 4.72 Å². The largest absolute Gasteiger partial charge is 0.396 e. The van der Waals surface area contributed by atoms with Crippen LogP contribution in [0.15, 0.2) is 23.1 Å². The average molecular weight is 246 g/mol. The molecule has 6 heteroatoms. The highest BCUT2D eigenvalue weighted by Crippen LogP contribution is 2.16. The lowest BCUT2D eigenvalue weighted by Crippen LogP contribution is -2.24. The van der Waals surface area contributed by atoms with Crippen LogP contribution < -0.4 is 10.5 Å². The Bertz CT molecular complexity index is 460. The van der Waals surface area contributed by atoms with Crippen molar-refractivity contribution in [2.24, 2.45) is 0 Å². The Hall–Kier alpha value is -1.14. The molecular formula is C10H15FN2O2S. The summed E-state index contributed by atoms with van der Waals surface area (Å²) < 4.78 is 38.6. The summed E-state index contributed by atoms with van der Waals surface area (Å²) in [5.41, 5.74) is 5.14. The van der Waals surface area contributed by atoms with Crippen LogP contribution in [0.5, 0.6) is 0 Å². The molecule has 0 heterocycles. The second-order valence-corrected chi connectivity index (χ2v) is 5.20. The summed E-state index contributed by atoms with van der Waals surface area (Å²) >= 11 is 0. The zero-order valence-corrected chi connectivity index (χ0v) is 9.85. The van der Waals surface area contributed by atoms with Crippen LogP contribution >= 0.6 is 0 Å². The number of halogens is 1. The number of hydrogen-bond acceptors (Lipinski definition) is 3. The maximum Gasteiger partial charge on any atom is 0.240 e. The van der Waals surface area contributed by atoms with E-state index >= 15 is 0 Å². The number of benzene rings is 1. The van der Waals surface area contributed by atoms with E-state index in [1.807, 2.05) is 6.92 Å². The molecule has 0 aromatic heterocycles. The van der Waals surface area contributed by atoms with Gasteiger partial charge in [0.15, 0.2) is 0 Å². The molecule has 16 heavy (non-hydrogen) atoms. The second-order valence-electron chi connectivity index (χ2n) is 3.43. The maximum absolute atomic E-state index is 12.9. The van der Waals surface area contributed by atoms with Gasteiger partial charge in [0.2, 0.25) is 10.0 Å². The normalized spacial score (nSPS) is 11.6. The van der Waals surface area contributed by atoms with Crippen LogP contribution in [0.3, 0.4) is 0 Å². The standard InChI is InChI=1S/C10H15FN2O2S/c1-2-3-6-13-16(14,15)8-4-5-9(11)10(12)7-8/h4-5,7,13H,2-3,6,12H2,1H3. The van der Waals surface area contributed by atoms with Gasteiger partial charge in [-0.15, -0.1) is 0 Å². The zero-order valence-electron chi connectivity index (χ0n) is 9.03. The average Bonchev–Trinajstić information content (AvgIpc) is 2.22. The lowest BCUT2D eigenvalue weighted by atomic mass is 10.3. The third kappa shape index (κ3) is 3.18. The lowest BCUT2D eigenvalue weighted by molar-refractivity contribution is 0.577. The van der Waals surface area contributed by atoms with Crippen molar-refractivity contribution in [2.75, 3.05) is 12.3 Å². The Kier molecular flexibility index (Phi) is 4.26. The number of unbranched alkanes of at least 4 members (excludes halogenated alkanes) is 1. The molecule has 0 bridgehead atoms. The van der Waals surface area contributed by atoms with Crippen molar-refractivity contribution < 1.29 is 12.8 Å². The van der Waals surface area contributed by atoms with E-state index in [0.717, 1.165) is 25.0 Å². The molecule has 3 N–H and O–H groups in total. The monoisotopic (exact) mass is 246 g/mol. The van der Waals surface area contributed by atoms with Gasteiger partial charge in [0.25, 0.3) is 0 Å². The van der Waals surface area contributed by atoms with Gasteiger partial charge in [0.1, 0.15) is 5.82 Å². The number of sulfonamides is 1. The molecule has 0 atom stereocenters. The molecule has 1 rings (SSSR count). The fourth-order valence-electron chi connectivity index (χ4n) is 1.16. The molecule has 0 aliphatic rings. The number of nitrogen functional groups attached to an aromatic ring is 1. The number of rotatable bonds is 5. The van der Waals surface area contributed by atoms with Crippen LogP contribution in [0.4, 0.5) is 10.1 Å². The van der Waals surface area contributed by atoms with Crippen LogP contribution in [-0.2, 0) is 10.0 Å². The summed E-state index contributed by atoms with van der Waals surface area (Å²) in [5, 5.41) is 0. The molecule has 0 saturated carbocycles. The van der Waals surface area contributed by atoms with Gasteiger partial charge in [-0.3, -0.25) is 0 Å². The minimum atomic E-state index is -3.57. The molecule has 0 fully saturated rings. The van der Waals surface area contributed by atoms with Gasteiger partial charge < -0.3 is 5.73 Å². The molecule has 0 spiro atoms. The molecule has 0 amide bonds. The van der Waals surface area contributed by atoms with Crippen LogP contribution in [0.2, 0.25) is 0 Å². The summed E-state index contributed by atoms with van der Waals surface area (Å²) in [6, 6.07) is 3.35. The van der Waals surface area contributed by atoms with E-state index in [1.165, 1.54) is 6.07 Å². The minimum Gasteiger partial charge on any atom is -0.396 e. The van der Waals surface area contributed by atoms with Gasteiger partial charge >= 0.3 is 0 Å². The Morgan fingerprint density at radius 1 is 1.44 bits per heavy atom. The van der Waals surface area contributed by atoms with Gasteiger partial charge in [-0.2, -0.15) is 0 Å². The Morgan fingerprint density at radius 2 is 2.12 bits per heavy atom. The number of nitrogens with one attached hydrogen (secondary N) is 1. The van der Waals surface area contributed by atoms with Crippen molar-refractivity contribution in [1.29, 1.82) is 0 Å². The molecule has 0 radical (unpaired) electrons. The SMILES string of the molecule is CCCCNS(=O)(=O)c1ccc(F)c(N)c1. The van der Waals surface area contributed by atoms with Crippen LogP contribution in [0.25, 0.3) is 0 Å². The predicted molar refractivity (Wildman–Crippen MR) is 60.9 cm³/mol. The van der Waals surface area contributed by atoms with Gasteiger partial charge in [0.05, 0.1) is 10.6 Å². The first-order valence-electron chi connectivity index (χ1n) is 5.02. The third-order valence-corrected chi connectivity index (χ3v) is 3.56. The van der Waals surface area contributed by atoms with Crippen molar-refractivity contribution in [3.05, 3.63) is 24.0 Å². The first kappa shape index (κ1) is 12.9. The highest BCUT2D eigenvalue weighted by atomic mass is 32.2. The van der Waals surface area contributed by atoms with Gasteiger partial charge in [-0.1, -0.05) is 13.3 Å². The van der Waals surface area contributed by atoms with E-state index in [9.17, 15) is 12.8 Å². The van der Waals surface area contributed by atoms with E-state index in [-0.39, 0.29) is 10.6 Å². The number of nitrogens with two attached hydrogens (primary N) is 1. The molecule has 4 nitrogen and oxygen atoms in total. The van der Waals surface area contributed by atoms with Crippen molar-refractivity contribution in [3.8, 4) is 0 Å². The van der Waals surface area contributed by atoms with Crippen LogP contribution in [-0.4, -0.2) is 15.0 Å². The molecule has 0 aliphatic heterocycles. The lowest BCUT2D eigenvalue weighted by Gasteiger charge is -2.06. The van der Waals surface area contributed by atoms with Crippen LogP contribution in [0.1, 0.15) is 19.8 Å². The molecule has 0 unspecified atom stereocenters. The summed E-state index contributed by atoms with van der Waals surface area (Å²) in [6.07, 6.45) is 1.66. The van der Waals surface area contributed by atoms with E-state index in [2.05, 4.69) is 4.72 Å². The minimum absolute atomic E-state index is 0.0116. The first-order chi connectivity index (χ1) is 7.47. The number of hydrogen-bond donors (Lipinski definition) is 2. The van der Waals surface area contributed by atoms with E-state index < -0.39 is 15.8 Å². The topological polar surface area (TPSA) is 72.2 Å². The smallest absolute Gasteiger partial charge is 0.240 e. The molecule has 90 valence electrons. The zero-order chi connectivity index (χ0) is 12.2. The molecule has 1 aromatic carbocycles. The highest BCUT2D eigenvalue weighted by Gasteiger charge is 2.14. The Balaban J connectivity index is 2.86. The number of anilines is 1. The Labute approximate surface area is 94.7 Å². The summed E-state index contributed by atoms with van der Waals surface area (Å²) in [4.78, 5) is -0.0116. The van der Waals surface area contributed by atoms with Crippen molar-refractivity contribution >= 4 is 15.7 Å². The van der Waals surface area contributed by atoms with E-state index in [1.54, 1.807) is 0 Å². The third-order valence-electron chi connectivity index (χ3n) is 2.10. The highest BCUT2D eigenvalue weighted by molar-refractivity contribution is 7.89. The molecular weight excluding hydrogens is 231 g/mol. The van der Waals surface area contributed by atoms with Gasteiger partial charge in [0, 0.05) is 6.54 Å². The molecule has 0 saturated heterocycles. The summed E-state index contributed by atoms with van der Waals surface area (Å²) in [7, 11) is -3.57. The first-order valence-corrected chi connectivity index (χ1v) is 6.50. The van der Waals surface area contributed by atoms with Crippen molar-refractivity contribution in [2.45, 2.75) is 24.7 Å². The fourth-order valence-corrected chi connectivity index (χ4v) is 2.26. The fraction of sp³-hybridized carbons (Fsp3) is 0.400. The molecule has 1 aromatic rings. The van der Waals surface area contributed by atoms with Crippen molar-refractivity contribution in [3.63, 3.8) is 0 Å². The maximum atomic E-state index is 12.9. The van der Waals surface area contributed by atoms with E-state index in [0.29, 0.717) is 6.54 Å². The summed E-state index contributed by atoms with van der Waals surface area (Å²) in [6.45, 7) is 2.33. The Morgan fingerprint density at radius 3 is 2.69 bits per heavy atom.